The minimum absolute atomic E-state index is 0.111. The monoisotopic (exact) mass is 308 g/mol. The topological polar surface area (TPSA) is 81.6 Å². The SMILES string of the molecule is CCC(NC(=O)NCCCC(C)(C)CO)c1ccccc1O. The molecule has 1 unspecified atom stereocenters. The number of nitrogens with one attached hydrogen (secondary N) is 2. The van der Waals surface area contributed by atoms with Crippen molar-refractivity contribution < 1.29 is 15.0 Å². The number of aliphatic hydroxyl groups is 1. The predicted molar refractivity (Wildman–Crippen MR) is 87.8 cm³/mol. The number of aliphatic hydroxyl groups excluding tert-OH is 1. The Kier molecular flexibility index (Phi) is 7.18. The van der Waals surface area contributed by atoms with E-state index in [2.05, 4.69) is 10.6 Å². The third-order valence-corrected chi connectivity index (χ3v) is 3.77. The second-order valence-electron chi connectivity index (χ2n) is 6.35. The van der Waals surface area contributed by atoms with E-state index in [-0.39, 0.29) is 29.8 Å². The normalized spacial score (nSPS) is 12.7. The summed E-state index contributed by atoms with van der Waals surface area (Å²) in [6, 6.07) is 6.58. The number of rotatable bonds is 8. The van der Waals surface area contributed by atoms with Crippen LogP contribution < -0.4 is 10.6 Å². The quantitative estimate of drug-likeness (QED) is 0.557. The van der Waals surface area contributed by atoms with E-state index in [1.807, 2.05) is 32.9 Å². The molecular weight excluding hydrogens is 280 g/mol. The fourth-order valence-corrected chi connectivity index (χ4v) is 2.24. The largest absolute Gasteiger partial charge is 0.508 e. The summed E-state index contributed by atoms with van der Waals surface area (Å²) >= 11 is 0. The van der Waals surface area contributed by atoms with Crippen molar-refractivity contribution in [2.45, 2.75) is 46.1 Å². The lowest BCUT2D eigenvalue weighted by Crippen LogP contribution is -2.38. The van der Waals surface area contributed by atoms with Crippen LogP contribution in [0.4, 0.5) is 4.79 Å². The van der Waals surface area contributed by atoms with Crippen molar-refractivity contribution in [1.82, 2.24) is 10.6 Å². The molecule has 5 heteroatoms. The van der Waals surface area contributed by atoms with Gasteiger partial charge in [0.2, 0.25) is 0 Å². The van der Waals surface area contributed by atoms with E-state index in [0.29, 0.717) is 13.0 Å². The van der Waals surface area contributed by atoms with Gasteiger partial charge in [0.1, 0.15) is 5.75 Å². The Morgan fingerprint density at radius 1 is 1.32 bits per heavy atom. The third kappa shape index (κ3) is 5.93. The first-order valence-corrected chi connectivity index (χ1v) is 7.82. The van der Waals surface area contributed by atoms with Gasteiger partial charge in [-0.1, -0.05) is 39.0 Å². The number of benzene rings is 1. The Hall–Kier alpha value is -1.75. The molecule has 0 heterocycles. The molecule has 22 heavy (non-hydrogen) atoms. The van der Waals surface area contributed by atoms with Gasteiger partial charge < -0.3 is 20.8 Å². The lowest BCUT2D eigenvalue weighted by atomic mass is 9.89. The molecule has 0 saturated heterocycles. The van der Waals surface area contributed by atoms with Crippen molar-refractivity contribution in [1.29, 1.82) is 0 Å². The highest BCUT2D eigenvalue weighted by Gasteiger charge is 2.17. The first kappa shape index (κ1) is 18.3. The van der Waals surface area contributed by atoms with Crippen LogP contribution in [0, 0.1) is 5.41 Å². The predicted octanol–water partition coefficient (Wildman–Crippen LogP) is 2.94. The molecule has 0 bridgehead atoms. The van der Waals surface area contributed by atoms with Gasteiger partial charge in [-0.2, -0.15) is 0 Å². The van der Waals surface area contributed by atoms with Crippen molar-refractivity contribution in [2.75, 3.05) is 13.2 Å². The number of para-hydroxylation sites is 1. The van der Waals surface area contributed by atoms with Crippen LogP contribution in [0.5, 0.6) is 5.75 Å². The fraction of sp³-hybridized carbons (Fsp3) is 0.588. The van der Waals surface area contributed by atoms with Gasteiger partial charge in [-0.25, -0.2) is 4.79 Å². The number of urea groups is 1. The lowest BCUT2D eigenvalue weighted by Gasteiger charge is -2.22. The molecule has 0 saturated carbocycles. The maximum atomic E-state index is 11.9. The highest BCUT2D eigenvalue weighted by atomic mass is 16.3. The van der Waals surface area contributed by atoms with Crippen molar-refractivity contribution in [3.8, 4) is 5.75 Å². The summed E-state index contributed by atoms with van der Waals surface area (Å²) in [5, 5.41) is 24.7. The van der Waals surface area contributed by atoms with Crippen LogP contribution in [0.15, 0.2) is 24.3 Å². The minimum atomic E-state index is -0.239. The van der Waals surface area contributed by atoms with Crippen LogP contribution in [0.2, 0.25) is 0 Å². The van der Waals surface area contributed by atoms with E-state index < -0.39 is 0 Å². The molecule has 1 aromatic carbocycles. The van der Waals surface area contributed by atoms with Gasteiger partial charge in [-0.15, -0.1) is 0 Å². The van der Waals surface area contributed by atoms with Gasteiger partial charge in [0, 0.05) is 18.7 Å². The number of hydrogen-bond acceptors (Lipinski definition) is 3. The number of aromatic hydroxyl groups is 1. The number of carbonyl (C=O) groups excluding carboxylic acids is 1. The summed E-state index contributed by atoms with van der Waals surface area (Å²) in [6.07, 6.45) is 2.36. The number of hydrogen-bond donors (Lipinski definition) is 4. The van der Waals surface area contributed by atoms with E-state index in [4.69, 9.17) is 0 Å². The molecule has 1 aromatic rings. The zero-order valence-corrected chi connectivity index (χ0v) is 13.7. The Morgan fingerprint density at radius 3 is 2.59 bits per heavy atom. The standard InChI is InChI=1S/C17H28N2O3/c1-4-14(13-8-5-6-9-15(13)21)19-16(22)18-11-7-10-17(2,3)12-20/h5-6,8-9,14,20-21H,4,7,10-12H2,1-3H3,(H2,18,19,22). The summed E-state index contributed by atoms with van der Waals surface area (Å²) in [4.78, 5) is 11.9. The molecule has 1 rings (SSSR count). The van der Waals surface area contributed by atoms with E-state index >= 15 is 0 Å². The molecular formula is C17H28N2O3. The number of phenols is 1. The summed E-state index contributed by atoms with van der Waals surface area (Å²) in [5.41, 5.74) is 0.612. The summed E-state index contributed by atoms with van der Waals surface area (Å²) in [5.74, 6) is 0.194. The Bertz CT molecular complexity index is 475. The number of phenolic OH excluding ortho intramolecular Hbond substituents is 1. The third-order valence-electron chi connectivity index (χ3n) is 3.77. The summed E-state index contributed by atoms with van der Waals surface area (Å²) < 4.78 is 0. The van der Waals surface area contributed by atoms with E-state index in [1.54, 1.807) is 12.1 Å². The maximum Gasteiger partial charge on any atom is 0.315 e. The summed E-state index contributed by atoms with van der Waals surface area (Å²) in [7, 11) is 0. The van der Waals surface area contributed by atoms with Gasteiger partial charge in [-0.3, -0.25) is 0 Å². The molecule has 4 N–H and O–H groups in total. The average molecular weight is 308 g/mol. The van der Waals surface area contributed by atoms with Gasteiger partial charge in [0.25, 0.3) is 0 Å². The molecule has 0 aliphatic rings. The minimum Gasteiger partial charge on any atom is -0.508 e. The van der Waals surface area contributed by atoms with Gasteiger partial charge >= 0.3 is 6.03 Å². The van der Waals surface area contributed by atoms with Crippen molar-refractivity contribution >= 4 is 6.03 Å². The second-order valence-corrected chi connectivity index (χ2v) is 6.35. The van der Waals surface area contributed by atoms with Gasteiger partial charge in [0.15, 0.2) is 0 Å². The second kappa shape index (κ2) is 8.63. The van der Waals surface area contributed by atoms with Crippen molar-refractivity contribution in [3.05, 3.63) is 29.8 Å². The highest BCUT2D eigenvalue weighted by Crippen LogP contribution is 2.25. The van der Waals surface area contributed by atoms with Crippen LogP contribution in [0.3, 0.4) is 0 Å². The first-order valence-electron chi connectivity index (χ1n) is 7.82. The maximum absolute atomic E-state index is 11.9. The smallest absolute Gasteiger partial charge is 0.315 e. The van der Waals surface area contributed by atoms with Gasteiger partial charge in [-0.05, 0) is 30.7 Å². The highest BCUT2D eigenvalue weighted by molar-refractivity contribution is 5.74. The number of amides is 2. The molecule has 124 valence electrons. The van der Waals surface area contributed by atoms with Crippen LogP contribution >= 0.6 is 0 Å². The Labute approximate surface area is 132 Å². The number of carbonyl (C=O) groups is 1. The average Bonchev–Trinajstić information content (AvgIpc) is 2.50. The summed E-state index contributed by atoms with van der Waals surface area (Å²) in [6.45, 7) is 6.66. The molecule has 0 fully saturated rings. The van der Waals surface area contributed by atoms with Crippen molar-refractivity contribution in [3.63, 3.8) is 0 Å². The molecule has 0 aliphatic carbocycles. The zero-order valence-electron chi connectivity index (χ0n) is 13.7. The zero-order chi connectivity index (χ0) is 16.6. The Balaban J connectivity index is 2.42. The molecule has 0 aromatic heterocycles. The van der Waals surface area contributed by atoms with E-state index in [0.717, 1.165) is 18.4 Å². The molecule has 0 radical (unpaired) electrons. The fourth-order valence-electron chi connectivity index (χ4n) is 2.24. The molecule has 1 atom stereocenters. The van der Waals surface area contributed by atoms with Crippen LogP contribution in [0.25, 0.3) is 0 Å². The van der Waals surface area contributed by atoms with Crippen LogP contribution in [-0.2, 0) is 0 Å². The van der Waals surface area contributed by atoms with Crippen molar-refractivity contribution in [2.24, 2.45) is 5.41 Å². The van der Waals surface area contributed by atoms with E-state index in [9.17, 15) is 15.0 Å². The van der Waals surface area contributed by atoms with Crippen LogP contribution in [0.1, 0.15) is 51.6 Å². The van der Waals surface area contributed by atoms with Gasteiger partial charge in [0.05, 0.1) is 6.04 Å². The molecule has 0 spiro atoms. The molecule has 2 amide bonds. The molecule has 0 aliphatic heterocycles. The van der Waals surface area contributed by atoms with Crippen LogP contribution in [-0.4, -0.2) is 29.4 Å². The lowest BCUT2D eigenvalue weighted by molar-refractivity contribution is 0.148. The Morgan fingerprint density at radius 2 is 2.00 bits per heavy atom. The first-order chi connectivity index (χ1) is 10.4. The molecule has 5 nitrogen and oxygen atoms in total. The van der Waals surface area contributed by atoms with E-state index in [1.165, 1.54) is 0 Å².